The summed E-state index contributed by atoms with van der Waals surface area (Å²) in [6, 6.07) is 0. The lowest BCUT2D eigenvalue weighted by molar-refractivity contribution is -0.144. The van der Waals surface area contributed by atoms with E-state index in [1.807, 2.05) is 0 Å². The van der Waals surface area contributed by atoms with E-state index in [2.05, 4.69) is 41.5 Å². The molecule has 0 bridgehead atoms. The molecule has 2 nitrogen and oxygen atoms in total. The maximum absolute atomic E-state index is 12.2. The Morgan fingerprint density at radius 3 is 1.42 bits per heavy atom. The molecule has 0 N–H and O–H groups in total. The number of unbranched alkanes of at least 4 members (excludes halogenated alkanes) is 7. The van der Waals surface area contributed by atoms with Gasteiger partial charge < -0.3 is 4.74 Å². The molecule has 0 spiro atoms. The first-order valence-electron chi connectivity index (χ1n) is 14.0. The molecule has 31 heavy (non-hydrogen) atoms. The molecule has 0 aliphatic carbocycles. The SMILES string of the molecule is CC(C)CCCCCCCCC(CCCCC(C)C)CCC(=O)OCCCCC(C)C. The summed E-state index contributed by atoms with van der Waals surface area (Å²) in [5, 5.41) is 0. The van der Waals surface area contributed by atoms with Crippen LogP contribution in [0.2, 0.25) is 0 Å². The summed E-state index contributed by atoms with van der Waals surface area (Å²) in [6.07, 6.45) is 21.3. The number of carbonyl (C=O) groups excluding carboxylic acids is 1. The van der Waals surface area contributed by atoms with Gasteiger partial charge in [-0.05, 0) is 42.9 Å². The van der Waals surface area contributed by atoms with Gasteiger partial charge in [0, 0.05) is 6.42 Å². The molecule has 1 atom stereocenters. The minimum atomic E-state index is 0.0295. The molecule has 0 saturated carbocycles. The lowest BCUT2D eigenvalue weighted by atomic mass is 9.90. The van der Waals surface area contributed by atoms with Gasteiger partial charge in [0.25, 0.3) is 0 Å². The molecule has 186 valence electrons. The van der Waals surface area contributed by atoms with E-state index in [0.717, 1.165) is 30.6 Å². The average Bonchev–Trinajstić information content (AvgIpc) is 2.69. The van der Waals surface area contributed by atoms with Crippen LogP contribution in [0.15, 0.2) is 0 Å². The number of ether oxygens (including phenoxy) is 1. The molecule has 0 radical (unpaired) electrons. The molecule has 0 aliphatic rings. The minimum absolute atomic E-state index is 0.0295. The van der Waals surface area contributed by atoms with E-state index in [1.165, 1.54) is 89.9 Å². The third-order valence-electron chi connectivity index (χ3n) is 6.48. The highest BCUT2D eigenvalue weighted by Crippen LogP contribution is 2.24. The zero-order valence-corrected chi connectivity index (χ0v) is 22.4. The third-order valence-corrected chi connectivity index (χ3v) is 6.48. The van der Waals surface area contributed by atoms with Gasteiger partial charge in [0.1, 0.15) is 0 Å². The zero-order chi connectivity index (χ0) is 23.3. The predicted molar refractivity (Wildman–Crippen MR) is 137 cm³/mol. The summed E-state index contributed by atoms with van der Waals surface area (Å²) in [4.78, 5) is 12.2. The fraction of sp³-hybridized carbons (Fsp3) is 0.966. The van der Waals surface area contributed by atoms with Gasteiger partial charge in [0.15, 0.2) is 0 Å². The van der Waals surface area contributed by atoms with Crippen LogP contribution in [0.5, 0.6) is 0 Å². The molecule has 0 saturated heterocycles. The highest BCUT2D eigenvalue weighted by molar-refractivity contribution is 5.69. The predicted octanol–water partition coefficient (Wildman–Crippen LogP) is 9.75. The average molecular weight is 439 g/mol. The van der Waals surface area contributed by atoms with E-state index in [4.69, 9.17) is 4.74 Å². The quantitative estimate of drug-likeness (QED) is 0.124. The Labute approximate surface area is 196 Å². The Hall–Kier alpha value is -0.530. The molecule has 0 aromatic rings. The number of hydrogen-bond acceptors (Lipinski definition) is 2. The Morgan fingerprint density at radius 1 is 0.516 bits per heavy atom. The first-order chi connectivity index (χ1) is 14.8. The molecule has 0 rings (SSSR count). The van der Waals surface area contributed by atoms with Gasteiger partial charge in [0.2, 0.25) is 0 Å². The molecular weight excluding hydrogens is 380 g/mol. The van der Waals surface area contributed by atoms with Crippen LogP contribution in [0, 0.1) is 23.7 Å². The molecule has 0 heterocycles. The van der Waals surface area contributed by atoms with Crippen LogP contribution < -0.4 is 0 Å². The van der Waals surface area contributed by atoms with Crippen molar-refractivity contribution in [3.05, 3.63) is 0 Å². The van der Waals surface area contributed by atoms with E-state index in [0.29, 0.717) is 18.9 Å². The van der Waals surface area contributed by atoms with Gasteiger partial charge in [-0.2, -0.15) is 0 Å². The van der Waals surface area contributed by atoms with E-state index in [1.54, 1.807) is 0 Å². The van der Waals surface area contributed by atoms with Crippen molar-refractivity contribution < 1.29 is 9.53 Å². The van der Waals surface area contributed by atoms with Crippen molar-refractivity contribution in [1.82, 2.24) is 0 Å². The minimum Gasteiger partial charge on any atom is -0.466 e. The van der Waals surface area contributed by atoms with Gasteiger partial charge in [-0.25, -0.2) is 0 Å². The van der Waals surface area contributed by atoms with E-state index in [-0.39, 0.29) is 5.97 Å². The Bertz CT molecular complexity index is 386. The largest absolute Gasteiger partial charge is 0.466 e. The van der Waals surface area contributed by atoms with Crippen molar-refractivity contribution in [1.29, 1.82) is 0 Å². The van der Waals surface area contributed by atoms with Crippen molar-refractivity contribution in [2.45, 2.75) is 151 Å². The second kappa shape index (κ2) is 21.3. The second-order valence-corrected chi connectivity index (χ2v) is 11.3. The first-order valence-corrected chi connectivity index (χ1v) is 14.0. The highest BCUT2D eigenvalue weighted by Gasteiger charge is 2.12. The summed E-state index contributed by atoms with van der Waals surface area (Å²) in [5.74, 6) is 3.14. The Balaban J connectivity index is 4.01. The lowest BCUT2D eigenvalue weighted by Crippen LogP contribution is -2.10. The smallest absolute Gasteiger partial charge is 0.305 e. The number of rotatable bonds is 22. The molecule has 2 heteroatoms. The maximum Gasteiger partial charge on any atom is 0.305 e. The molecule has 1 unspecified atom stereocenters. The maximum atomic E-state index is 12.2. The monoisotopic (exact) mass is 438 g/mol. The van der Waals surface area contributed by atoms with E-state index >= 15 is 0 Å². The summed E-state index contributed by atoms with van der Waals surface area (Å²) >= 11 is 0. The summed E-state index contributed by atoms with van der Waals surface area (Å²) in [6.45, 7) is 14.4. The van der Waals surface area contributed by atoms with Crippen molar-refractivity contribution in [3.63, 3.8) is 0 Å². The zero-order valence-electron chi connectivity index (χ0n) is 22.4. The van der Waals surface area contributed by atoms with Crippen molar-refractivity contribution in [3.8, 4) is 0 Å². The second-order valence-electron chi connectivity index (χ2n) is 11.3. The van der Waals surface area contributed by atoms with Crippen LogP contribution in [-0.2, 0) is 9.53 Å². The van der Waals surface area contributed by atoms with Gasteiger partial charge in [-0.1, -0.05) is 125 Å². The Kier molecular flexibility index (Phi) is 21.0. The van der Waals surface area contributed by atoms with Crippen molar-refractivity contribution >= 4 is 5.97 Å². The molecule has 0 aliphatic heterocycles. The van der Waals surface area contributed by atoms with Crippen LogP contribution in [-0.4, -0.2) is 12.6 Å². The van der Waals surface area contributed by atoms with Crippen LogP contribution in [0.4, 0.5) is 0 Å². The van der Waals surface area contributed by atoms with Crippen molar-refractivity contribution in [2.24, 2.45) is 23.7 Å². The number of hydrogen-bond donors (Lipinski definition) is 0. The molecule has 0 aromatic carbocycles. The summed E-state index contributed by atoms with van der Waals surface area (Å²) in [5.41, 5.74) is 0. The van der Waals surface area contributed by atoms with Crippen LogP contribution >= 0.6 is 0 Å². The standard InChI is InChI=1S/C29H58O2/c1-25(2)17-11-9-7-8-10-12-20-28(21-14-13-18-26(3)4)22-23-29(30)31-24-16-15-19-27(5)6/h25-28H,7-24H2,1-6H3. The van der Waals surface area contributed by atoms with Gasteiger partial charge in [-0.3, -0.25) is 4.79 Å². The summed E-state index contributed by atoms with van der Waals surface area (Å²) < 4.78 is 5.49. The van der Waals surface area contributed by atoms with Gasteiger partial charge in [-0.15, -0.1) is 0 Å². The van der Waals surface area contributed by atoms with Crippen molar-refractivity contribution in [2.75, 3.05) is 6.61 Å². The number of esters is 1. The van der Waals surface area contributed by atoms with E-state index < -0.39 is 0 Å². The third kappa shape index (κ3) is 24.0. The fourth-order valence-electron chi connectivity index (χ4n) is 4.35. The first kappa shape index (κ1) is 30.5. The molecule has 0 amide bonds. The summed E-state index contributed by atoms with van der Waals surface area (Å²) in [7, 11) is 0. The van der Waals surface area contributed by atoms with Gasteiger partial charge in [0.05, 0.1) is 6.61 Å². The molecule has 0 fully saturated rings. The fourth-order valence-corrected chi connectivity index (χ4v) is 4.35. The van der Waals surface area contributed by atoms with E-state index in [9.17, 15) is 4.79 Å². The molecule has 0 aromatic heterocycles. The molecular formula is C29H58O2. The van der Waals surface area contributed by atoms with Gasteiger partial charge >= 0.3 is 5.97 Å². The highest BCUT2D eigenvalue weighted by atomic mass is 16.5. The van der Waals surface area contributed by atoms with Crippen LogP contribution in [0.25, 0.3) is 0 Å². The van der Waals surface area contributed by atoms with Crippen LogP contribution in [0.1, 0.15) is 151 Å². The lowest BCUT2D eigenvalue weighted by Gasteiger charge is -2.17. The topological polar surface area (TPSA) is 26.3 Å². The van der Waals surface area contributed by atoms with Crippen LogP contribution in [0.3, 0.4) is 0 Å². The Morgan fingerprint density at radius 2 is 0.903 bits per heavy atom. The number of carbonyl (C=O) groups is 1. The normalized spacial score (nSPS) is 12.8.